The summed E-state index contributed by atoms with van der Waals surface area (Å²) in [6.07, 6.45) is -3.13. The normalized spacial score (nSPS) is 14.4. The largest absolute Gasteiger partial charge is 0.476 e. The monoisotopic (exact) mass is 369 g/mol. The van der Waals surface area contributed by atoms with Crippen LogP contribution in [0, 0.1) is 0 Å². The predicted molar refractivity (Wildman–Crippen MR) is 89.4 cm³/mol. The Hall–Kier alpha value is -2.72. The molecule has 0 spiro atoms. The third-order valence-electron chi connectivity index (χ3n) is 3.65. The number of rotatable bonds is 5. The number of aromatic amines is 1. The van der Waals surface area contributed by atoms with Crippen LogP contribution in [-0.4, -0.2) is 44.0 Å². The van der Waals surface area contributed by atoms with Crippen LogP contribution in [0.2, 0.25) is 0 Å². The third kappa shape index (κ3) is 3.60. The van der Waals surface area contributed by atoms with Crippen molar-refractivity contribution >= 4 is 11.0 Å². The number of hydrogen-bond acceptors (Lipinski definition) is 6. The number of nitrogens with zero attached hydrogens (tertiary/aromatic N) is 3. The molecule has 10 heteroatoms. The second kappa shape index (κ2) is 6.54. The summed E-state index contributed by atoms with van der Waals surface area (Å²) in [6, 6.07) is 5.18. The molecule has 0 aliphatic rings. The van der Waals surface area contributed by atoms with Gasteiger partial charge in [0.2, 0.25) is 5.88 Å². The van der Waals surface area contributed by atoms with Crippen LogP contribution in [0.5, 0.6) is 5.88 Å². The lowest BCUT2D eigenvalue weighted by molar-refractivity contribution is -0.137. The minimum absolute atomic E-state index is 0. The van der Waals surface area contributed by atoms with Crippen molar-refractivity contribution in [2.75, 3.05) is 13.2 Å². The van der Waals surface area contributed by atoms with E-state index in [9.17, 15) is 13.2 Å². The van der Waals surface area contributed by atoms with Gasteiger partial charge in [0, 0.05) is 19.1 Å². The van der Waals surface area contributed by atoms with Crippen molar-refractivity contribution in [1.29, 1.82) is 0 Å². The topological polar surface area (TPSA) is 110 Å². The van der Waals surface area contributed by atoms with Crippen molar-refractivity contribution < 1.29 is 24.4 Å². The highest BCUT2D eigenvalue weighted by Gasteiger charge is 2.36. The number of aliphatic hydroxyl groups excluding tert-OH is 1. The number of halogens is 3. The molecule has 4 N–H and O–H groups in total. The van der Waals surface area contributed by atoms with Crippen molar-refractivity contribution in [1.82, 2.24) is 20.2 Å². The second-order valence-electron chi connectivity index (χ2n) is 6.12. The van der Waals surface area contributed by atoms with Crippen LogP contribution < -0.4 is 10.5 Å². The zero-order valence-corrected chi connectivity index (χ0v) is 13.7. The maximum absolute atomic E-state index is 13.4. The number of nitrogens with two attached hydrogens (primary N) is 1. The van der Waals surface area contributed by atoms with Crippen LogP contribution in [0.15, 0.2) is 30.5 Å². The van der Waals surface area contributed by atoms with E-state index in [2.05, 4.69) is 20.2 Å². The molecule has 0 bridgehead atoms. The molecule has 0 saturated heterocycles. The first-order valence-electron chi connectivity index (χ1n) is 7.61. The SMILES string of the molecule is CC(N)(CO)COc1ccc(C(F)(F)F)c(-c2[nH]nc3ncccc23)n1.[HH]. The van der Waals surface area contributed by atoms with Gasteiger partial charge in [0.05, 0.1) is 23.4 Å². The fraction of sp³-hybridized carbons (Fsp3) is 0.312. The molecule has 1 unspecified atom stereocenters. The molecular formula is C16H18F3N5O2. The molecule has 26 heavy (non-hydrogen) atoms. The lowest BCUT2D eigenvalue weighted by Gasteiger charge is -2.22. The number of H-pyrrole nitrogens is 1. The first-order valence-corrected chi connectivity index (χ1v) is 7.61. The fourth-order valence-corrected chi connectivity index (χ4v) is 2.26. The van der Waals surface area contributed by atoms with Gasteiger partial charge in [0.1, 0.15) is 12.3 Å². The first kappa shape index (κ1) is 18.1. The van der Waals surface area contributed by atoms with Crippen molar-refractivity contribution in [3.63, 3.8) is 0 Å². The molecule has 0 aliphatic carbocycles. The highest BCUT2D eigenvalue weighted by atomic mass is 19.4. The van der Waals surface area contributed by atoms with Gasteiger partial charge >= 0.3 is 6.18 Å². The highest BCUT2D eigenvalue weighted by molar-refractivity contribution is 5.90. The van der Waals surface area contributed by atoms with Crippen LogP contribution in [-0.2, 0) is 6.18 Å². The van der Waals surface area contributed by atoms with E-state index < -0.39 is 17.3 Å². The summed E-state index contributed by atoms with van der Waals surface area (Å²) in [5, 5.41) is 16.0. The Balaban J connectivity index is 0.00000261. The Kier molecular flexibility index (Phi) is 4.55. The van der Waals surface area contributed by atoms with Gasteiger partial charge < -0.3 is 15.6 Å². The quantitative estimate of drug-likeness (QED) is 0.637. The molecule has 3 rings (SSSR count). The van der Waals surface area contributed by atoms with Crippen LogP contribution in [0.25, 0.3) is 22.4 Å². The summed E-state index contributed by atoms with van der Waals surface area (Å²) in [5.74, 6) is -0.0511. The van der Waals surface area contributed by atoms with Crippen LogP contribution in [0.1, 0.15) is 13.9 Å². The summed E-state index contributed by atoms with van der Waals surface area (Å²) in [4.78, 5) is 7.99. The molecule has 3 heterocycles. The van der Waals surface area contributed by atoms with E-state index in [1.165, 1.54) is 6.20 Å². The van der Waals surface area contributed by atoms with E-state index in [0.29, 0.717) is 5.39 Å². The van der Waals surface area contributed by atoms with Gasteiger partial charge in [-0.1, -0.05) is 0 Å². The number of hydrogen-bond donors (Lipinski definition) is 3. The summed E-state index contributed by atoms with van der Waals surface area (Å²) in [6.45, 7) is 1.08. The maximum Gasteiger partial charge on any atom is 0.418 e. The Morgan fingerprint density at radius 1 is 1.31 bits per heavy atom. The first-order chi connectivity index (χ1) is 12.2. The Morgan fingerprint density at radius 3 is 2.77 bits per heavy atom. The number of ether oxygens (including phenoxy) is 1. The molecule has 0 amide bonds. The zero-order valence-electron chi connectivity index (χ0n) is 13.7. The number of nitrogens with one attached hydrogen (secondary N) is 1. The van der Waals surface area contributed by atoms with Crippen molar-refractivity contribution in [2.45, 2.75) is 18.6 Å². The molecule has 140 valence electrons. The van der Waals surface area contributed by atoms with E-state index in [4.69, 9.17) is 15.6 Å². The van der Waals surface area contributed by atoms with Gasteiger partial charge in [-0.3, -0.25) is 5.10 Å². The van der Waals surface area contributed by atoms with Crippen LogP contribution >= 0.6 is 0 Å². The summed E-state index contributed by atoms with van der Waals surface area (Å²) in [7, 11) is 0. The molecule has 0 radical (unpaired) electrons. The minimum Gasteiger partial charge on any atom is -0.476 e. The standard InChI is InChI=1S/C16H16F3N5O2.H2/c1-15(20,7-25)8-26-11-5-4-10(16(17,18)19)13(22-11)12-9-3-2-6-21-14(9)24-23-12;/h2-6,25H,7-8,20H2,1H3,(H,21,23,24);1H. The molecule has 3 aromatic heterocycles. The maximum atomic E-state index is 13.4. The number of aromatic nitrogens is 4. The highest BCUT2D eigenvalue weighted by Crippen LogP contribution is 2.38. The molecule has 7 nitrogen and oxygen atoms in total. The molecular weight excluding hydrogens is 351 g/mol. The molecule has 0 saturated carbocycles. The van der Waals surface area contributed by atoms with Gasteiger partial charge in [0.25, 0.3) is 0 Å². The second-order valence-corrected chi connectivity index (χ2v) is 6.12. The van der Waals surface area contributed by atoms with Crippen LogP contribution in [0.3, 0.4) is 0 Å². The van der Waals surface area contributed by atoms with Gasteiger partial charge in [-0.05, 0) is 25.1 Å². The number of fused-ring (bicyclic) bond motifs is 1. The van der Waals surface area contributed by atoms with Gasteiger partial charge in [-0.2, -0.15) is 18.3 Å². The average molecular weight is 369 g/mol. The Labute approximate surface area is 147 Å². The molecule has 0 fully saturated rings. The Bertz CT molecular complexity index is 930. The Morgan fingerprint density at radius 2 is 2.08 bits per heavy atom. The van der Waals surface area contributed by atoms with Gasteiger partial charge in [-0.15, -0.1) is 0 Å². The van der Waals surface area contributed by atoms with E-state index in [-0.39, 0.29) is 37.6 Å². The van der Waals surface area contributed by atoms with Crippen LogP contribution in [0.4, 0.5) is 13.2 Å². The molecule has 1 atom stereocenters. The predicted octanol–water partition coefficient (Wildman–Crippen LogP) is 2.37. The summed E-state index contributed by atoms with van der Waals surface area (Å²) >= 11 is 0. The summed E-state index contributed by atoms with van der Waals surface area (Å²) < 4.78 is 45.6. The smallest absolute Gasteiger partial charge is 0.418 e. The number of pyridine rings is 2. The fourth-order valence-electron chi connectivity index (χ4n) is 2.26. The number of alkyl halides is 3. The minimum atomic E-state index is -4.62. The molecule has 0 aromatic carbocycles. The van der Waals surface area contributed by atoms with Gasteiger partial charge in [0.15, 0.2) is 5.65 Å². The zero-order chi connectivity index (χ0) is 18.9. The number of aliphatic hydroxyl groups is 1. The van der Waals surface area contributed by atoms with Crippen molar-refractivity contribution in [2.24, 2.45) is 5.73 Å². The lowest BCUT2D eigenvalue weighted by Crippen LogP contribution is -2.46. The third-order valence-corrected chi connectivity index (χ3v) is 3.65. The summed E-state index contributed by atoms with van der Waals surface area (Å²) in [5.41, 5.74) is 3.79. The molecule has 0 aliphatic heterocycles. The van der Waals surface area contributed by atoms with Gasteiger partial charge in [-0.25, -0.2) is 9.97 Å². The van der Waals surface area contributed by atoms with E-state index in [0.717, 1.165) is 12.1 Å². The van der Waals surface area contributed by atoms with E-state index >= 15 is 0 Å². The van der Waals surface area contributed by atoms with Crippen molar-refractivity contribution in [3.8, 4) is 17.3 Å². The van der Waals surface area contributed by atoms with E-state index in [1.807, 2.05) is 0 Å². The van der Waals surface area contributed by atoms with E-state index in [1.54, 1.807) is 19.1 Å². The molecule has 3 aromatic rings. The average Bonchev–Trinajstić information content (AvgIpc) is 3.03. The lowest BCUT2D eigenvalue weighted by atomic mass is 10.1. The van der Waals surface area contributed by atoms with Crippen molar-refractivity contribution in [3.05, 3.63) is 36.0 Å².